The summed E-state index contributed by atoms with van der Waals surface area (Å²) < 4.78 is 35.0. The molecule has 15 heavy (non-hydrogen) atoms. The molecule has 0 aliphatic carbocycles. The molecule has 90 valence electrons. The highest BCUT2D eigenvalue weighted by Gasteiger charge is 2.27. The van der Waals surface area contributed by atoms with Crippen molar-refractivity contribution in [3.8, 4) is 0 Å². The fourth-order valence-electron chi connectivity index (χ4n) is 0.804. The van der Waals surface area contributed by atoms with Crippen LogP contribution in [0.15, 0.2) is 0 Å². The molecule has 1 unspecified atom stereocenters. The maximum absolute atomic E-state index is 11.7. The third-order valence-corrected chi connectivity index (χ3v) is 2.25. The minimum absolute atomic E-state index is 0.0297. The summed E-state index contributed by atoms with van der Waals surface area (Å²) in [5.41, 5.74) is 1.19. The number of halogens is 3. The van der Waals surface area contributed by atoms with Gasteiger partial charge in [-0.2, -0.15) is 13.2 Å². The second kappa shape index (κ2) is 6.95. The fraction of sp³-hybridized carbons (Fsp3) is 0.875. The molecule has 3 N–H and O–H groups in total. The number of carbonyl (C=O) groups excluding carboxylic acids is 1. The third kappa shape index (κ3) is 11.5. The minimum Gasteiger partial charge on any atom is -0.355 e. The number of nitrogens with two attached hydrogens (primary N) is 1. The molecule has 0 saturated heterocycles. The van der Waals surface area contributed by atoms with Crippen LogP contribution in [0.4, 0.5) is 13.2 Å². The van der Waals surface area contributed by atoms with Crippen LogP contribution in [0, 0.1) is 0 Å². The van der Waals surface area contributed by atoms with Gasteiger partial charge in [0.1, 0.15) is 0 Å². The lowest BCUT2D eigenvalue weighted by molar-refractivity contribution is -0.121. The second-order valence-electron chi connectivity index (χ2n) is 3.16. The summed E-state index contributed by atoms with van der Waals surface area (Å²) in [4.78, 5) is 11.0. The molecule has 1 amide bonds. The lowest BCUT2D eigenvalue weighted by Crippen LogP contribution is -2.28. The maximum Gasteiger partial charge on any atom is 0.441 e. The van der Waals surface area contributed by atoms with Crippen LogP contribution in [0.1, 0.15) is 19.8 Å². The van der Waals surface area contributed by atoms with Crippen LogP contribution in [0.3, 0.4) is 0 Å². The molecule has 0 spiro atoms. The number of carbonyl (C=O) groups is 1. The first-order valence-electron chi connectivity index (χ1n) is 4.54. The van der Waals surface area contributed by atoms with Crippen molar-refractivity contribution in [2.75, 3.05) is 12.3 Å². The molecule has 0 saturated carbocycles. The van der Waals surface area contributed by atoms with Crippen molar-refractivity contribution in [1.29, 1.82) is 0 Å². The Hall–Kier alpha value is -0.430. The topological polar surface area (TPSA) is 55.1 Å². The van der Waals surface area contributed by atoms with Gasteiger partial charge in [0.15, 0.2) is 0 Å². The van der Waals surface area contributed by atoms with E-state index >= 15 is 0 Å². The lowest BCUT2D eigenvalue weighted by Gasteiger charge is -2.07. The predicted molar refractivity (Wildman–Crippen MR) is 54.4 cm³/mol. The van der Waals surface area contributed by atoms with Gasteiger partial charge in [-0.05, 0) is 25.1 Å². The monoisotopic (exact) mass is 244 g/mol. The third-order valence-electron chi connectivity index (χ3n) is 1.52. The number of alkyl halides is 3. The van der Waals surface area contributed by atoms with Gasteiger partial charge in [-0.25, -0.2) is 0 Å². The van der Waals surface area contributed by atoms with Gasteiger partial charge in [-0.1, -0.05) is 0 Å². The molecular weight excluding hydrogens is 229 g/mol. The van der Waals surface area contributed by atoms with E-state index in [9.17, 15) is 18.0 Å². The van der Waals surface area contributed by atoms with E-state index in [1.165, 1.54) is 0 Å². The molecule has 0 rings (SSSR count). The van der Waals surface area contributed by atoms with Gasteiger partial charge in [0, 0.05) is 24.8 Å². The summed E-state index contributed by atoms with van der Waals surface area (Å²) in [6, 6.07) is -0.0692. The van der Waals surface area contributed by atoms with Crippen LogP contribution in [-0.4, -0.2) is 29.8 Å². The zero-order valence-corrected chi connectivity index (χ0v) is 9.25. The Kier molecular flexibility index (Phi) is 6.75. The summed E-state index contributed by atoms with van der Waals surface area (Å²) in [5.74, 6) is -0.414. The standard InChI is InChI=1S/C8H15F3N2OS/c1-6(12)2-3-7(14)13-4-5-15-8(9,10)11/h6H,2-5,12H2,1H3,(H,13,14). The quantitative estimate of drug-likeness (QED) is 0.696. The molecule has 0 radical (unpaired) electrons. The molecule has 0 aromatic rings. The van der Waals surface area contributed by atoms with Crippen LogP contribution in [0.5, 0.6) is 0 Å². The molecule has 7 heteroatoms. The van der Waals surface area contributed by atoms with E-state index in [4.69, 9.17) is 5.73 Å². The zero-order chi connectivity index (χ0) is 11.9. The Morgan fingerprint density at radius 2 is 2.13 bits per heavy atom. The van der Waals surface area contributed by atoms with Crippen molar-refractivity contribution in [3.63, 3.8) is 0 Å². The average molecular weight is 244 g/mol. The lowest BCUT2D eigenvalue weighted by atomic mass is 10.2. The van der Waals surface area contributed by atoms with Crippen LogP contribution < -0.4 is 11.1 Å². The number of hydrogen-bond donors (Lipinski definition) is 2. The summed E-state index contributed by atoms with van der Waals surface area (Å²) in [6.07, 6.45) is 0.798. The van der Waals surface area contributed by atoms with E-state index in [0.29, 0.717) is 6.42 Å². The summed E-state index contributed by atoms with van der Waals surface area (Å²) >= 11 is -0.139. The second-order valence-corrected chi connectivity index (χ2v) is 4.32. The Morgan fingerprint density at radius 3 is 2.60 bits per heavy atom. The molecule has 3 nitrogen and oxygen atoms in total. The fourth-order valence-corrected chi connectivity index (χ4v) is 1.24. The minimum atomic E-state index is -4.23. The molecule has 0 aromatic heterocycles. The normalized spacial score (nSPS) is 13.7. The number of thioether (sulfide) groups is 1. The van der Waals surface area contributed by atoms with Crippen molar-refractivity contribution < 1.29 is 18.0 Å². The summed E-state index contributed by atoms with van der Waals surface area (Å²) in [7, 11) is 0. The van der Waals surface area contributed by atoms with Crippen molar-refractivity contribution in [2.45, 2.75) is 31.3 Å². The first-order chi connectivity index (χ1) is 6.81. The Labute approximate surface area is 91.0 Å². The highest BCUT2D eigenvalue weighted by Crippen LogP contribution is 2.29. The zero-order valence-electron chi connectivity index (χ0n) is 8.43. The molecule has 1 atom stereocenters. The molecule has 0 heterocycles. The van der Waals surface area contributed by atoms with E-state index in [0.717, 1.165) is 0 Å². The SMILES string of the molecule is CC(N)CCC(=O)NCCSC(F)(F)F. The molecular formula is C8H15F3N2OS. The van der Waals surface area contributed by atoms with Crippen molar-refractivity contribution >= 4 is 17.7 Å². The molecule has 0 bridgehead atoms. The number of rotatable bonds is 6. The molecule has 0 aromatic carbocycles. The Balaban J connectivity index is 3.40. The van der Waals surface area contributed by atoms with Crippen molar-refractivity contribution in [3.05, 3.63) is 0 Å². The average Bonchev–Trinajstić information content (AvgIpc) is 2.07. The van der Waals surface area contributed by atoms with Gasteiger partial charge in [0.25, 0.3) is 0 Å². The number of hydrogen-bond acceptors (Lipinski definition) is 3. The number of amides is 1. The van der Waals surface area contributed by atoms with Crippen LogP contribution >= 0.6 is 11.8 Å². The highest BCUT2D eigenvalue weighted by molar-refractivity contribution is 8.00. The van der Waals surface area contributed by atoms with E-state index in [2.05, 4.69) is 5.32 Å². The van der Waals surface area contributed by atoms with Gasteiger partial charge >= 0.3 is 5.51 Å². The van der Waals surface area contributed by atoms with Gasteiger partial charge in [-0.3, -0.25) is 4.79 Å². The van der Waals surface area contributed by atoms with E-state index < -0.39 is 5.51 Å². The smallest absolute Gasteiger partial charge is 0.355 e. The van der Waals surface area contributed by atoms with Crippen molar-refractivity contribution in [1.82, 2.24) is 5.32 Å². The van der Waals surface area contributed by atoms with Crippen LogP contribution in [0.25, 0.3) is 0 Å². The van der Waals surface area contributed by atoms with Crippen LogP contribution in [0.2, 0.25) is 0 Å². The van der Waals surface area contributed by atoms with Gasteiger partial charge < -0.3 is 11.1 Å². The highest BCUT2D eigenvalue weighted by atomic mass is 32.2. The van der Waals surface area contributed by atoms with E-state index in [-0.39, 0.29) is 42.4 Å². The predicted octanol–water partition coefficient (Wildman–Crippen LogP) is 1.48. The maximum atomic E-state index is 11.7. The van der Waals surface area contributed by atoms with E-state index in [1.54, 1.807) is 6.92 Å². The molecule has 0 aliphatic heterocycles. The Morgan fingerprint density at radius 1 is 1.53 bits per heavy atom. The molecule has 0 aliphatic rings. The van der Waals surface area contributed by atoms with Gasteiger partial charge in [-0.15, -0.1) is 0 Å². The van der Waals surface area contributed by atoms with E-state index in [1.807, 2.05) is 0 Å². The first-order valence-corrected chi connectivity index (χ1v) is 5.53. The summed E-state index contributed by atoms with van der Waals surface area (Å²) in [5, 5.41) is 2.40. The van der Waals surface area contributed by atoms with Crippen molar-refractivity contribution in [2.24, 2.45) is 5.73 Å². The van der Waals surface area contributed by atoms with Gasteiger partial charge in [0.05, 0.1) is 0 Å². The Bertz CT molecular complexity index is 197. The summed E-state index contributed by atoms with van der Waals surface area (Å²) in [6.45, 7) is 1.80. The van der Waals surface area contributed by atoms with Crippen LogP contribution in [-0.2, 0) is 4.79 Å². The number of nitrogens with one attached hydrogen (secondary N) is 1. The molecule has 0 fully saturated rings. The largest absolute Gasteiger partial charge is 0.441 e. The first kappa shape index (κ1) is 14.6. The van der Waals surface area contributed by atoms with Gasteiger partial charge in [0.2, 0.25) is 5.91 Å².